The third-order valence-electron chi connectivity index (χ3n) is 3.52. The molecule has 0 aliphatic carbocycles. The number of para-hydroxylation sites is 1. The quantitative estimate of drug-likeness (QED) is 0.798. The maximum absolute atomic E-state index is 12.9. The number of benzene rings is 1. The molecule has 122 valence electrons. The molecule has 4 nitrogen and oxygen atoms in total. The summed E-state index contributed by atoms with van der Waals surface area (Å²) in [4.78, 5) is 19.8. The van der Waals surface area contributed by atoms with Gasteiger partial charge in [-0.2, -0.15) is 13.2 Å². The van der Waals surface area contributed by atoms with Crippen LogP contribution in [0.15, 0.2) is 48.8 Å². The van der Waals surface area contributed by atoms with E-state index in [9.17, 15) is 18.0 Å². The van der Waals surface area contributed by atoms with E-state index >= 15 is 0 Å². The Bertz CT molecular complexity index is 908. The molecule has 1 amide bonds. The molecular formula is C17H12F3N3O. The first kappa shape index (κ1) is 15.9. The average molecular weight is 331 g/mol. The molecule has 0 saturated heterocycles. The monoisotopic (exact) mass is 331 g/mol. The van der Waals surface area contributed by atoms with Crippen molar-refractivity contribution >= 4 is 16.8 Å². The minimum atomic E-state index is -4.38. The summed E-state index contributed by atoms with van der Waals surface area (Å²) in [6, 6.07) is 9.28. The van der Waals surface area contributed by atoms with Gasteiger partial charge in [0.2, 0.25) is 0 Å². The molecule has 7 heteroatoms. The Kier molecular flexibility index (Phi) is 3.92. The zero-order valence-corrected chi connectivity index (χ0v) is 12.3. The van der Waals surface area contributed by atoms with Gasteiger partial charge in [0.25, 0.3) is 5.91 Å². The van der Waals surface area contributed by atoms with Crippen molar-refractivity contribution in [2.24, 2.45) is 5.73 Å². The van der Waals surface area contributed by atoms with E-state index in [1.165, 1.54) is 24.5 Å². The van der Waals surface area contributed by atoms with E-state index < -0.39 is 18.5 Å². The number of aromatic nitrogens is 2. The maximum atomic E-state index is 12.9. The Morgan fingerprint density at radius 2 is 1.96 bits per heavy atom. The number of alkyl halides is 3. The molecule has 0 radical (unpaired) electrons. The summed E-state index contributed by atoms with van der Waals surface area (Å²) >= 11 is 0. The number of fused-ring (bicyclic) bond motifs is 1. The topological polar surface area (TPSA) is 68.9 Å². The highest BCUT2D eigenvalue weighted by molar-refractivity contribution is 6.05. The fourth-order valence-electron chi connectivity index (χ4n) is 2.54. The molecule has 0 saturated carbocycles. The van der Waals surface area contributed by atoms with Crippen LogP contribution in [0.2, 0.25) is 0 Å². The number of halogens is 3. The van der Waals surface area contributed by atoms with Crippen LogP contribution in [0.25, 0.3) is 22.2 Å². The number of nitrogens with zero attached hydrogens (tertiary/aromatic N) is 2. The van der Waals surface area contributed by atoms with E-state index in [1.807, 2.05) is 0 Å². The number of carbonyl (C=O) groups is 1. The van der Waals surface area contributed by atoms with E-state index in [-0.39, 0.29) is 22.3 Å². The average Bonchev–Trinajstić information content (AvgIpc) is 2.52. The number of nitrogens with two attached hydrogens (primary N) is 1. The van der Waals surface area contributed by atoms with Gasteiger partial charge in [-0.25, -0.2) is 4.98 Å². The van der Waals surface area contributed by atoms with Crippen molar-refractivity contribution in [2.75, 3.05) is 0 Å². The summed E-state index contributed by atoms with van der Waals surface area (Å²) in [6.07, 6.45) is -2.56. The first-order valence-electron chi connectivity index (χ1n) is 7.05. The Morgan fingerprint density at radius 3 is 2.58 bits per heavy atom. The Balaban J connectivity index is 2.30. The molecule has 24 heavy (non-hydrogen) atoms. The van der Waals surface area contributed by atoms with Crippen molar-refractivity contribution in [2.45, 2.75) is 12.6 Å². The highest BCUT2D eigenvalue weighted by Gasteiger charge is 2.30. The summed E-state index contributed by atoms with van der Waals surface area (Å²) in [5.74, 6) is -0.686. The third kappa shape index (κ3) is 3.19. The molecule has 0 aliphatic heterocycles. The molecular weight excluding hydrogens is 319 g/mol. The predicted molar refractivity (Wildman–Crippen MR) is 83.3 cm³/mol. The largest absolute Gasteiger partial charge is 0.393 e. The first-order chi connectivity index (χ1) is 11.3. The molecule has 2 heterocycles. The van der Waals surface area contributed by atoms with Crippen LogP contribution in [0.3, 0.4) is 0 Å². The molecule has 0 unspecified atom stereocenters. The number of pyridine rings is 2. The molecule has 0 atom stereocenters. The second-order valence-corrected chi connectivity index (χ2v) is 5.27. The lowest BCUT2D eigenvalue weighted by atomic mass is 10.00. The summed E-state index contributed by atoms with van der Waals surface area (Å²) in [6.45, 7) is 0. The zero-order valence-electron chi connectivity index (χ0n) is 12.3. The van der Waals surface area contributed by atoms with Gasteiger partial charge in [0, 0.05) is 23.3 Å². The van der Waals surface area contributed by atoms with Gasteiger partial charge in [-0.1, -0.05) is 12.1 Å². The maximum Gasteiger partial charge on any atom is 0.393 e. The van der Waals surface area contributed by atoms with Gasteiger partial charge in [0.1, 0.15) is 0 Å². The highest BCUT2D eigenvalue weighted by Crippen LogP contribution is 2.31. The smallest absolute Gasteiger partial charge is 0.366 e. The zero-order chi connectivity index (χ0) is 17.3. The van der Waals surface area contributed by atoms with E-state index in [0.29, 0.717) is 10.9 Å². The van der Waals surface area contributed by atoms with Crippen LogP contribution in [-0.4, -0.2) is 22.1 Å². The minimum absolute atomic E-state index is 0.0182. The number of primary amides is 1. The standard InChI is InChI=1S/C17H12F3N3O/c18-17(19,20)8-12-7-10-3-1-5-13(16(21)24)15(10)23-14(12)11-4-2-6-22-9-11/h1-7,9H,8H2,(H2,21,24). The van der Waals surface area contributed by atoms with Crippen molar-refractivity contribution in [3.8, 4) is 11.3 Å². The summed E-state index contributed by atoms with van der Waals surface area (Å²) < 4.78 is 38.8. The molecule has 2 aromatic heterocycles. The first-order valence-corrected chi connectivity index (χ1v) is 7.05. The molecule has 0 aliphatic rings. The van der Waals surface area contributed by atoms with Gasteiger partial charge in [-0.15, -0.1) is 0 Å². The van der Waals surface area contributed by atoms with E-state index in [1.54, 1.807) is 24.3 Å². The summed E-state index contributed by atoms with van der Waals surface area (Å²) in [5.41, 5.74) is 6.37. The number of carbonyl (C=O) groups excluding carboxylic acids is 1. The highest BCUT2D eigenvalue weighted by atomic mass is 19.4. The Labute approximate surface area is 135 Å². The fourth-order valence-corrected chi connectivity index (χ4v) is 2.54. The van der Waals surface area contributed by atoms with Gasteiger partial charge < -0.3 is 5.73 Å². The van der Waals surface area contributed by atoms with Crippen LogP contribution in [0, 0.1) is 0 Å². The predicted octanol–water partition coefficient (Wildman–Crippen LogP) is 3.50. The van der Waals surface area contributed by atoms with E-state index in [2.05, 4.69) is 9.97 Å². The van der Waals surface area contributed by atoms with Crippen LogP contribution in [-0.2, 0) is 6.42 Å². The van der Waals surface area contributed by atoms with Gasteiger partial charge in [-0.05, 0) is 29.8 Å². The third-order valence-corrected chi connectivity index (χ3v) is 3.52. The lowest BCUT2D eigenvalue weighted by molar-refractivity contribution is -0.127. The van der Waals surface area contributed by atoms with Crippen LogP contribution >= 0.6 is 0 Å². The number of hydrogen-bond donors (Lipinski definition) is 1. The molecule has 0 fully saturated rings. The number of hydrogen-bond acceptors (Lipinski definition) is 3. The molecule has 1 aromatic carbocycles. The van der Waals surface area contributed by atoms with Crippen LogP contribution in [0.4, 0.5) is 13.2 Å². The van der Waals surface area contributed by atoms with Crippen LogP contribution < -0.4 is 5.73 Å². The fraction of sp³-hybridized carbons (Fsp3) is 0.118. The van der Waals surface area contributed by atoms with Crippen molar-refractivity contribution < 1.29 is 18.0 Å². The molecule has 2 N–H and O–H groups in total. The second kappa shape index (κ2) is 5.92. The SMILES string of the molecule is NC(=O)c1cccc2cc(CC(F)(F)F)c(-c3cccnc3)nc12. The van der Waals surface area contributed by atoms with Crippen molar-refractivity contribution in [3.05, 3.63) is 59.9 Å². The molecule has 0 bridgehead atoms. The molecule has 3 rings (SSSR count). The lowest BCUT2D eigenvalue weighted by Gasteiger charge is -2.14. The number of amides is 1. The van der Waals surface area contributed by atoms with Crippen LogP contribution in [0.5, 0.6) is 0 Å². The van der Waals surface area contributed by atoms with Crippen molar-refractivity contribution in [1.29, 1.82) is 0 Å². The summed E-state index contributed by atoms with van der Waals surface area (Å²) in [5, 5.41) is 0.429. The molecule has 0 spiro atoms. The normalized spacial score (nSPS) is 11.6. The van der Waals surface area contributed by atoms with Gasteiger partial charge in [0.15, 0.2) is 0 Å². The Hall–Kier alpha value is -2.96. The van der Waals surface area contributed by atoms with E-state index in [0.717, 1.165) is 0 Å². The van der Waals surface area contributed by atoms with Gasteiger partial charge in [-0.3, -0.25) is 9.78 Å². The Morgan fingerprint density at radius 1 is 1.17 bits per heavy atom. The number of rotatable bonds is 3. The van der Waals surface area contributed by atoms with Crippen LogP contribution in [0.1, 0.15) is 15.9 Å². The second-order valence-electron chi connectivity index (χ2n) is 5.27. The minimum Gasteiger partial charge on any atom is -0.366 e. The molecule has 3 aromatic rings. The van der Waals surface area contributed by atoms with Crippen molar-refractivity contribution in [1.82, 2.24) is 9.97 Å². The van der Waals surface area contributed by atoms with Gasteiger partial charge >= 0.3 is 6.18 Å². The van der Waals surface area contributed by atoms with Crippen molar-refractivity contribution in [3.63, 3.8) is 0 Å². The lowest BCUT2D eigenvalue weighted by Crippen LogP contribution is -2.15. The van der Waals surface area contributed by atoms with Gasteiger partial charge in [0.05, 0.1) is 23.2 Å². The summed E-state index contributed by atoms with van der Waals surface area (Å²) in [7, 11) is 0. The van der Waals surface area contributed by atoms with E-state index in [4.69, 9.17) is 5.73 Å².